The number of hydrogen-bond donors (Lipinski definition) is 1. The number of nitrogens with two attached hydrogens (primary N) is 1. The normalized spacial score (nSPS) is 17.8. The van der Waals surface area contributed by atoms with E-state index in [1.165, 1.54) is 18.4 Å². The zero-order valence-corrected chi connectivity index (χ0v) is 13.4. The summed E-state index contributed by atoms with van der Waals surface area (Å²) in [6, 6.07) is 8.88. The van der Waals surface area contributed by atoms with Gasteiger partial charge < -0.3 is 15.2 Å². The van der Waals surface area contributed by atoms with Crippen LogP contribution in [-0.4, -0.2) is 44.9 Å². The van der Waals surface area contributed by atoms with E-state index >= 15 is 0 Å². The summed E-state index contributed by atoms with van der Waals surface area (Å²) in [7, 11) is 3.47. The van der Waals surface area contributed by atoms with Gasteiger partial charge >= 0.3 is 0 Å². The van der Waals surface area contributed by atoms with E-state index in [0.29, 0.717) is 12.6 Å². The van der Waals surface area contributed by atoms with Gasteiger partial charge in [0.2, 0.25) is 0 Å². The molecule has 0 aliphatic heterocycles. The maximum Gasteiger partial charge on any atom is 0.123 e. The molecule has 0 heterocycles. The molecule has 1 aliphatic carbocycles. The van der Waals surface area contributed by atoms with Crippen molar-refractivity contribution in [1.82, 2.24) is 4.90 Å². The minimum Gasteiger partial charge on any atom is -0.496 e. The van der Waals surface area contributed by atoms with Crippen LogP contribution in [-0.2, 0) is 4.74 Å². The number of rotatable bonds is 9. The number of ether oxygens (including phenoxy) is 2. The molecule has 21 heavy (non-hydrogen) atoms. The van der Waals surface area contributed by atoms with Gasteiger partial charge in [-0.25, -0.2) is 0 Å². The highest BCUT2D eigenvalue weighted by Crippen LogP contribution is 2.39. The molecular formula is C17H28N2O2. The maximum absolute atomic E-state index is 6.12. The monoisotopic (exact) mass is 292 g/mol. The van der Waals surface area contributed by atoms with Gasteiger partial charge in [-0.1, -0.05) is 18.2 Å². The summed E-state index contributed by atoms with van der Waals surface area (Å²) in [5, 5.41) is 0. The molecule has 0 amide bonds. The van der Waals surface area contributed by atoms with Crippen LogP contribution < -0.4 is 10.5 Å². The summed E-state index contributed by atoms with van der Waals surface area (Å²) >= 11 is 0. The first kappa shape index (κ1) is 16.3. The van der Waals surface area contributed by atoms with Gasteiger partial charge in [-0.15, -0.1) is 0 Å². The van der Waals surface area contributed by atoms with Gasteiger partial charge in [0.1, 0.15) is 5.75 Å². The van der Waals surface area contributed by atoms with Crippen molar-refractivity contribution in [3.8, 4) is 5.75 Å². The van der Waals surface area contributed by atoms with Crippen molar-refractivity contribution >= 4 is 0 Å². The summed E-state index contributed by atoms with van der Waals surface area (Å²) in [5.74, 6) is 1.71. The van der Waals surface area contributed by atoms with Crippen LogP contribution in [0.15, 0.2) is 24.3 Å². The lowest BCUT2D eigenvalue weighted by Crippen LogP contribution is -2.43. The molecule has 0 radical (unpaired) electrons. The molecule has 1 aromatic rings. The average Bonchev–Trinajstić information content (AvgIpc) is 3.35. The third-order valence-electron chi connectivity index (χ3n) is 4.50. The molecule has 0 saturated heterocycles. The summed E-state index contributed by atoms with van der Waals surface area (Å²) in [5.41, 5.74) is 7.29. The van der Waals surface area contributed by atoms with Crippen molar-refractivity contribution < 1.29 is 9.47 Å². The standard InChI is InChI=1S/C17H28N2O2/c1-13(14-8-9-14)19(10-11-20-2)16(12-18)15-6-4-5-7-17(15)21-3/h4-7,13-14,16H,8-12,18H2,1-3H3. The van der Waals surface area contributed by atoms with Crippen molar-refractivity contribution in [3.05, 3.63) is 29.8 Å². The van der Waals surface area contributed by atoms with Crippen LogP contribution in [0.1, 0.15) is 31.4 Å². The topological polar surface area (TPSA) is 47.7 Å². The largest absolute Gasteiger partial charge is 0.496 e. The second kappa shape index (κ2) is 7.78. The van der Waals surface area contributed by atoms with Gasteiger partial charge in [-0.05, 0) is 31.7 Å². The van der Waals surface area contributed by atoms with Crippen molar-refractivity contribution in [1.29, 1.82) is 0 Å². The first-order chi connectivity index (χ1) is 10.2. The molecule has 2 unspecified atom stereocenters. The fourth-order valence-electron chi connectivity index (χ4n) is 3.07. The number of benzene rings is 1. The predicted octanol–water partition coefficient (Wildman–Crippen LogP) is 2.44. The second-order valence-electron chi connectivity index (χ2n) is 5.80. The van der Waals surface area contributed by atoms with E-state index in [0.717, 1.165) is 24.8 Å². The van der Waals surface area contributed by atoms with E-state index in [1.54, 1.807) is 14.2 Å². The molecule has 1 aliphatic rings. The van der Waals surface area contributed by atoms with Crippen LogP contribution in [0, 0.1) is 5.92 Å². The SMILES string of the molecule is COCCN(C(CN)c1ccccc1OC)C(C)C1CC1. The Labute approximate surface area is 128 Å². The lowest BCUT2D eigenvalue weighted by atomic mass is 10.0. The minimum absolute atomic E-state index is 0.173. The van der Waals surface area contributed by atoms with Crippen LogP contribution in [0.25, 0.3) is 0 Å². The number of methoxy groups -OCH3 is 2. The summed E-state index contributed by atoms with van der Waals surface area (Å²) in [6.45, 7) is 4.52. The second-order valence-corrected chi connectivity index (χ2v) is 5.80. The molecule has 0 aromatic heterocycles. The highest BCUT2D eigenvalue weighted by molar-refractivity contribution is 5.36. The van der Waals surface area contributed by atoms with Crippen LogP contribution in [0.4, 0.5) is 0 Å². The van der Waals surface area contributed by atoms with Gasteiger partial charge in [0.25, 0.3) is 0 Å². The van der Waals surface area contributed by atoms with Gasteiger partial charge in [0.15, 0.2) is 0 Å². The Bertz CT molecular complexity index is 435. The van der Waals surface area contributed by atoms with Gasteiger partial charge in [-0.2, -0.15) is 0 Å². The minimum atomic E-state index is 0.173. The van der Waals surface area contributed by atoms with Crippen molar-refractivity contribution in [2.75, 3.05) is 33.9 Å². The van der Waals surface area contributed by atoms with E-state index in [1.807, 2.05) is 12.1 Å². The Balaban J connectivity index is 2.24. The van der Waals surface area contributed by atoms with E-state index in [-0.39, 0.29) is 6.04 Å². The zero-order chi connectivity index (χ0) is 15.2. The molecule has 4 nitrogen and oxygen atoms in total. The third-order valence-corrected chi connectivity index (χ3v) is 4.50. The Morgan fingerprint density at radius 1 is 1.29 bits per heavy atom. The van der Waals surface area contributed by atoms with Crippen molar-refractivity contribution in [2.45, 2.75) is 31.8 Å². The lowest BCUT2D eigenvalue weighted by molar-refractivity contribution is 0.0824. The third kappa shape index (κ3) is 3.96. The van der Waals surface area contributed by atoms with Gasteiger partial charge in [0.05, 0.1) is 19.8 Å². The summed E-state index contributed by atoms with van der Waals surface area (Å²) in [4.78, 5) is 2.49. The zero-order valence-electron chi connectivity index (χ0n) is 13.4. The highest BCUT2D eigenvalue weighted by atomic mass is 16.5. The molecule has 1 fully saturated rings. The molecule has 4 heteroatoms. The quantitative estimate of drug-likeness (QED) is 0.759. The van der Waals surface area contributed by atoms with Crippen LogP contribution in [0.2, 0.25) is 0 Å². The fourth-order valence-corrected chi connectivity index (χ4v) is 3.07. The smallest absolute Gasteiger partial charge is 0.123 e. The molecule has 1 aromatic carbocycles. The average molecular weight is 292 g/mol. The fraction of sp³-hybridized carbons (Fsp3) is 0.647. The van der Waals surface area contributed by atoms with Crippen LogP contribution in [0.5, 0.6) is 5.75 Å². The van der Waals surface area contributed by atoms with Gasteiger partial charge in [0, 0.05) is 31.8 Å². The van der Waals surface area contributed by atoms with Crippen LogP contribution in [0.3, 0.4) is 0 Å². The molecule has 2 rings (SSSR count). The summed E-state index contributed by atoms with van der Waals surface area (Å²) < 4.78 is 10.8. The molecule has 118 valence electrons. The van der Waals surface area contributed by atoms with E-state index in [4.69, 9.17) is 15.2 Å². The van der Waals surface area contributed by atoms with E-state index in [2.05, 4.69) is 24.0 Å². The first-order valence-corrected chi connectivity index (χ1v) is 7.80. The summed E-state index contributed by atoms with van der Waals surface area (Å²) in [6.07, 6.45) is 2.65. The molecule has 0 bridgehead atoms. The lowest BCUT2D eigenvalue weighted by Gasteiger charge is -2.37. The predicted molar refractivity (Wildman–Crippen MR) is 85.6 cm³/mol. The van der Waals surface area contributed by atoms with E-state index in [9.17, 15) is 0 Å². The van der Waals surface area contributed by atoms with Crippen molar-refractivity contribution in [3.63, 3.8) is 0 Å². The van der Waals surface area contributed by atoms with E-state index < -0.39 is 0 Å². The highest BCUT2D eigenvalue weighted by Gasteiger charge is 2.35. The van der Waals surface area contributed by atoms with Gasteiger partial charge in [-0.3, -0.25) is 4.90 Å². The molecule has 2 atom stereocenters. The molecule has 0 spiro atoms. The molecule has 2 N–H and O–H groups in total. The Kier molecular flexibility index (Phi) is 6.03. The number of nitrogens with zero attached hydrogens (tertiary/aromatic N) is 1. The van der Waals surface area contributed by atoms with Crippen LogP contribution >= 0.6 is 0 Å². The number of para-hydroxylation sites is 1. The first-order valence-electron chi connectivity index (χ1n) is 7.80. The van der Waals surface area contributed by atoms with Crippen molar-refractivity contribution in [2.24, 2.45) is 11.7 Å². The number of hydrogen-bond acceptors (Lipinski definition) is 4. The Morgan fingerprint density at radius 2 is 2.00 bits per heavy atom. The molecular weight excluding hydrogens is 264 g/mol. The Morgan fingerprint density at radius 3 is 2.57 bits per heavy atom. The maximum atomic E-state index is 6.12. The molecule has 1 saturated carbocycles. The Hall–Kier alpha value is -1.10.